The molecule has 0 saturated heterocycles. The third-order valence-electron chi connectivity index (χ3n) is 4.06. The number of Topliss-reactive ketones (excluding diaryl/α,β-unsaturated/α-hetero) is 1. The van der Waals surface area contributed by atoms with E-state index in [0.717, 1.165) is 0 Å². The molecular weight excluding hydrogens is 330 g/mol. The van der Waals surface area contributed by atoms with Crippen molar-refractivity contribution in [3.63, 3.8) is 0 Å². The smallest absolute Gasteiger partial charge is 0.320 e. The van der Waals surface area contributed by atoms with E-state index in [2.05, 4.69) is 10.1 Å². The van der Waals surface area contributed by atoms with Crippen LogP contribution >= 0.6 is 0 Å². The molecular formula is C17H14F2N4O2. The van der Waals surface area contributed by atoms with Gasteiger partial charge in [-0.15, -0.1) is 0 Å². The lowest BCUT2D eigenvalue weighted by Crippen LogP contribution is -2.19. The van der Waals surface area contributed by atoms with Gasteiger partial charge in [0.05, 0.1) is 22.8 Å². The van der Waals surface area contributed by atoms with E-state index in [4.69, 9.17) is 4.52 Å². The fourth-order valence-corrected chi connectivity index (χ4v) is 2.78. The highest BCUT2D eigenvalue weighted by Crippen LogP contribution is 2.29. The molecule has 0 amide bonds. The highest BCUT2D eigenvalue weighted by Gasteiger charge is 2.30. The van der Waals surface area contributed by atoms with E-state index in [1.165, 1.54) is 6.07 Å². The minimum atomic E-state index is -2.91. The zero-order valence-electron chi connectivity index (χ0n) is 13.5. The summed E-state index contributed by atoms with van der Waals surface area (Å²) in [5.74, 6) is -1.73. The number of benzene rings is 1. The molecule has 8 heteroatoms. The van der Waals surface area contributed by atoms with Crippen molar-refractivity contribution in [1.29, 1.82) is 5.26 Å². The van der Waals surface area contributed by atoms with Gasteiger partial charge in [-0.2, -0.15) is 14.0 Å². The number of carbonyl (C=O) groups excluding carboxylic acids is 1. The van der Waals surface area contributed by atoms with E-state index < -0.39 is 18.3 Å². The van der Waals surface area contributed by atoms with Crippen LogP contribution in [-0.4, -0.2) is 20.5 Å². The van der Waals surface area contributed by atoms with Gasteiger partial charge in [0.15, 0.2) is 11.7 Å². The monoisotopic (exact) mass is 344 g/mol. The number of nitrogens with zero attached hydrogens (tertiary/aromatic N) is 4. The standard InChI is InChI=1S/C17H14F2N4O2/c1-9-11(10(2)25-22-9)7-15(24)12(8-20)16-21-13-5-3-4-6-14(13)23(16)17(18)19/h3-6,12,17H,7H2,1-2H3. The van der Waals surface area contributed by atoms with Crippen LogP contribution in [0.3, 0.4) is 0 Å². The number of aromatic nitrogens is 3. The van der Waals surface area contributed by atoms with E-state index in [1.807, 2.05) is 6.07 Å². The van der Waals surface area contributed by atoms with E-state index >= 15 is 0 Å². The number of para-hydroxylation sites is 2. The van der Waals surface area contributed by atoms with Crippen molar-refractivity contribution < 1.29 is 18.1 Å². The number of aryl methyl sites for hydroxylation is 2. The number of carbonyl (C=O) groups is 1. The van der Waals surface area contributed by atoms with Crippen LogP contribution in [0, 0.1) is 25.2 Å². The van der Waals surface area contributed by atoms with Crippen molar-refractivity contribution in [3.8, 4) is 6.07 Å². The Bertz CT molecular complexity index is 965. The zero-order valence-corrected chi connectivity index (χ0v) is 13.5. The Labute approximate surface area is 141 Å². The maximum absolute atomic E-state index is 13.5. The molecule has 1 aromatic carbocycles. The molecule has 0 aliphatic carbocycles. The fourth-order valence-electron chi connectivity index (χ4n) is 2.78. The summed E-state index contributed by atoms with van der Waals surface area (Å²) in [5.41, 5.74) is 1.58. The molecule has 3 aromatic rings. The normalized spacial score (nSPS) is 12.5. The summed E-state index contributed by atoms with van der Waals surface area (Å²) in [6, 6.07) is 8.10. The minimum absolute atomic E-state index is 0.133. The van der Waals surface area contributed by atoms with Crippen molar-refractivity contribution >= 4 is 16.8 Å². The fraction of sp³-hybridized carbons (Fsp3) is 0.294. The van der Waals surface area contributed by atoms with Gasteiger partial charge in [-0.3, -0.25) is 9.36 Å². The summed E-state index contributed by atoms with van der Waals surface area (Å²) in [4.78, 5) is 16.7. The summed E-state index contributed by atoms with van der Waals surface area (Å²) in [6.45, 7) is 0.415. The lowest BCUT2D eigenvalue weighted by Gasteiger charge is -2.11. The Balaban J connectivity index is 2.04. The Hall–Kier alpha value is -3.08. The van der Waals surface area contributed by atoms with Gasteiger partial charge in [0.25, 0.3) is 0 Å². The molecule has 0 aliphatic rings. The molecule has 0 aliphatic heterocycles. The van der Waals surface area contributed by atoms with Crippen LogP contribution in [0.4, 0.5) is 8.78 Å². The number of alkyl halides is 2. The molecule has 1 unspecified atom stereocenters. The van der Waals surface area contributed by atoms with Gasteiger partial charge in [-0.1, -0.05) is 17.3 Å². The molecule has 25 heavy (non-hydrogen) atoms. The topological polar surface area (TPSA) is 84.7 Å². The number of hydrogen-bond acceptors (Lipinski definition) is 5. The maximum Gasteiger partial charge on any atom is 0.320 e. The first kappa shape index (κ1) is 16.8. The summed E-state index contributed by atoms with van der Waals surface area (Å²) in [7, 11) is 0. The second-order valence-electron chi connectivity index (χ2n) is 5.61. The number of nitriles is 1. The molecule has 0 radical (unpaired) electrons. The molecule has 0 saturated carbocycles. The molecule has 2 heterocycles. The largest absolute Gasteiger partial charge is 0.361 e. The van der Waals surface area contributed by atoms with Crippen LogP contribution in [0.15, 0.2) is 28.8 Å². The average molecular weight is 344 g/mol. The lowest BCUT2D eigenvalue weighted by molar-refractivity contribution is -0.119. The van der Waals surface area contributed by atoms with Gasteiger partial charge in [0, 0.05) is 12.0 Å². The Kier molecular flexibility index (Phi) is 4.31. The third kappa shape index (κ3) is 2.89. The van der Waals surface area contributed by atoms with Crippen LogP contribution in [0.1, 0.15) is 35.3 Å². The lowest BCUT2D eigenvalue weighted by atomic mass is 9.97. The predicted molar refractivity (Wildman–Crippen MR) is 84.0 cm³/mol. The first-order valence-corrected chi connectivity index (χ1v) is 7.53. The molecule has 6 nitrogen and oxygen atoms in total. The van der Waals surface area contributed by atoms with Crippen molar-refractivity contribution in [3.05, 3.63) is 47.1 Å². The van der Waals surface area contributed by atoms with E-state index in [1.54, 1.807) is 32.0 Å². The Morgan fingerprint density at radius 2 is 2.08 bits per heavy atom. The summed E-state index contributed by atoms with van der Waals surface area (Å²) >= 11 is 0. The Morgan fingerprint density at radius 3 is 2.68 bits per heavy atom. The zero-order chi connectivity index (χ0) is 18.1. The number of fused-ring (bicyclic) bond motifs is 1. The average Bonchev–Trinajstić information content (AvgIpc) is 3.10. The third-order valence-corrected chi connectivity index (χ3v) is 4.06. The van der Waals surface area contributed by atoms with Gasteiger partial charge in [0.1, 0.15) is 11.6 Å². The molecule has 2 aromatic heterocycles. The molecule has 1 atom stereocenters. The second kappa shape index (κ2) is 6.43. The summed E-state index contributed by atoms with van der Waals surface area (Å²) in [5, 5.41) is 13.2. The van der Waals surface area contributed by atoms with Gasteiger partial charge < -0.3 is 4.52 Å². The van der Waals surface area contributed by atoms with E-state index in [9.17, 15) is 18.8 Å². The number of hydrogen-bond donors (Lipinski definition) is 0. The Morgan fingerprint density at radius 1 is 1.36 bits per heavy atom. The van der Waals surface area contributed by atoms with Crippen molar-refractivity contribution in [2.24, 2.45) is 0 Å². The maximum atomic E-state index is 13.5. The summed E-state index contributed by atoms with van der Waals surface area (Å²) < 4.78 is 32.7. The minimum Gasteiger partial charge on any atom is -0.361 e. The van der Waals surface area contributed by atoms with Crippen molar-refractivity contribution in [2.45, 2.75) is 32.7 Å². The summed E-state index contributed by atoms with van der Waals surface area (Å²) in [6.07, 6.45) is -0.133. The highest BCUT2D eigenvalue weighted by atomic mass is 19.3. The van der Waals surface area contributed by atoms with Gasteiger partial charge >= 0.3 is 6.55 Å². The van der Waals surface area contributed by atoms with Crippen LogP contribution in [-0.2, 0) is 11.2 Å². The van der Waals surface area contributed by atoms with E-state index in [-0.39, 0.29) is 17.8 Å². The molecule has 0 spiro atoms. The van der Waals surface area contributed by atoms with Crippen molar-refractivity contribution in [1.82, 2.24) is 14.7 Å². The SMILES string of the molecule is Cc1noc(C)c1CC(=O)C(C#N)c1nc2ccccc2n1C(F)F. The van der Waals surface area contributed by atoms with Gasteiger partial charge in [-0.05, 0) is 26.0 Å². The number of halogens is 2. The van der Waals surface area contributed by atoms with Gasteiger partial charge in [-0.25, -0.2) is 4.98 Å². The first-order valence-electron chi connectivity index (χ1n) is 7.53. The van der Waals surface area contributed by atoms with Crippen LogP contribution in [0.5, 0.6) is 0 Å². The van der Waals surface area contributed by atoms with Crippen LogP contribution < -0.4 is 0 Å². The predicted octanol–water partition coefficient (Wildman–Crippen LogP) is 3.46. The molecule has 3 rings (SSSR count). The molecule has 0 bridgehead atoms. The van der Waals surface area contributed by atoms with Crippen LogP contribution in [0.2, 0.25) is 0 Å². The second-order valence-corrected chi connectivity index (χ2v) is 5.61. The van der Waals surface area contributed by atoms with Crippen molar-refractivity contribution in [2.75, 3.05) is 0 Å². The van der Waals surface area contributed by atoms with Gasteiger partial charge in [0.2, 0.25) is 0 Å². The molecule has 0 fully saturated rings. The number of rotatable bonds is 5. The van der Waals surface area contributed by atoms with E-state index in [0.29, 0.717) is 27.1 Å². The number of imidazole rings is 1. The first-order chi connectivity index (χ1) is 11.9. The highest BCUT2D eigenvalue weighted by molar-refractivity contribution is 5.90. The molecule has 0 N–H and O–H groups in total. The molecule has 128 valence electrons. The number of ketones is 1. The van der Waals surface area contributed by atoms with Crippen LogP contribution in [0.25, 0.3) is 11.0 Å². The quantitative estimate of drug-likeness (QED) is 0.708.